The third kappa shape index (κ3) is 3.03. The van der Waals surface area contributed by atoms with Crippen LogP contribution in [-0.2, 0) is 6.61 Å². The first-order valence-electron chi connectivity index (χ1n) is 5.32. The third-order valence-corrected chi connectivity index (χ3v) is 2.56. The number of nitrogens with zero attached hydrogens (tertiary/aromatic N) is 1. The van der Waals surface area contributed by atoms with E-state index in [1.54, 1.807) is 30.5 Å². The van der Waals surface area contributed by atoms with Gasteiger partial charge in [0.25, 0.3) is 0 Å². The molecule has 1 aromatic heterocycles. The number of hydrogen-bond donors (Lipinski definition) is 2. The Balaban J connectivity index is 2.15. The van der Waals surface area contributed by atoms with Gasteiger partial charge in [-0.15, -0.1) is 0 Å². The molecule has 0 aliphatic heterocycles. The Hall–Kier alpha value is -1.98. The van der Waals surface area contributed by atoms with E-state index < -0.39 is 0 Å². The molecule has 0 spiro atoms. The van der Waals surface area contributed by atoms with Crippen molar-refractivity contribution in [3.8, 4) is 11.6 Å². The highest BCUT2D eigenvalue weighted by molar-refractivity contribution is 7.80. The van der Waals surface area contributed by atoms with Gasteiger partial charge in [-0.1, -0.05) is 24.4 Å². The maximum absolute atomic E-state index is 9.03. The van der Waals surface area contributed by atoms with Gasteiger partial charge in [0, 0.05) is 17.8 Å². The van der Waals surface area contributed by atoms with E-state index >= 15 is 0 Å². The van der Waals surface area contributed by atoms with Crippen molar-refractivity contribution in [2.45, 2.75) is 6.61 Å². The Bertz CT molecular complexity index is 555. The predicted octanol–water partition coefficient (Wildman–Crippen LogP) is 2.00. The molecule has 0 saturated carbocycles. The fourth-order valence-electron chi connectivity index (χ4n) is 1.41. The molecule has 0 radical (unpaired) electrons. The van der Waals surface area contributed by atoms with Crippen LogP contribution in [0.1, 0.15) is 11.1 Å². The Morgan fingerprint density at radius 2 is 2.17 bits per heavy atom. The predicted molar refractivity (Wildman–Crippen MR) is 72.6 cm³/mol. The van der Waals surface area contributed by atoms with Crippen molar-refractivity contribution in [1.29, 1.82) is 0 Å². The van der Waals surface area contributed by atoms with Crippen molar-refractivity contribution in [2.24, 2.45) is 5.73 Å². The Kier molecular flexibility index (Phi) is 3.86. The van der Waals surface area contributed by atoms with Crippen LogP contribution < -0.4 is 10.5 Å². The molecule has 1 heterocycles. The summed E-state index contributed by atoms with van der Waals surface area (Å²) in [5.41, 5.74) is 6.96. The lowest BCUT2D eigenvalue weighted by Crippen LogP contribution is -2.09. The fourth-order valence-corrected chi connectivity index (χ4v) is 1.54. The number of benzene rings is 1. The molecule has 3 N–H and O–H groups in total. The zero-order valence-electron chi connectivity index (χ0n) is 9.54. The standard InChI is InChI=1S/C13H12N2O2S/c14-13(18)10-4-5-12(15-7-10)17-11-3-1-2-9(6-11)8-16/h1-7,16H,8H2,(H2,14,18). The largest absolute Gasteiger partial charge is 0.439 e. The van der Waals surface area contributed by atoms with Gasteiger partial charge < -0.3 is 15.6 Å². The molecule has 18 heavy (non-hydrogen) atoms. The van der Waals surface area contributed by atoms with Crippen LogP contribution >= 0.6 is 12.2 Å². The van der Waals surface area contributed by atoms with Gasteiger partial charge in [-0.05, 0) is 23.8 Å². The zero-order chi connectivity index (χ0) is 13.0. The summed E-state index contributed by atoms with van der Waals surface area (Å²) in [4.78, 5) is 4.40. The van der Waals surface area contributed by atoms with Crippen LogP contribution in [-0.4, -0.2) is 15.1 Å². The quantitative estimate of drug-likeness (QED) is 0.823. The molecule has 4 nitrogen and oxygen atoms in total. The molecule has 0 aliphatic carbocycles. The first kappa shape index (κ1) is 12.5. The molecule has 0 unspecified atom stereocenters. The number of aromatic nitrogens is 1. The average Bonchev–Trinajstić information content (AvgIpc) is 2.39. The molecule has 0 aliphatic rings. The molecule has 0 saturated heterocycles. The van der Waals surface area contributed by atoms with Gasteiger partial charge in [0.1, 0.15) is 10.7 Å². The topological polar surface area (TPSA) is 68.4 Å². The fraction of sp³-hybridized carbons (Fsp3) is 0.0769. The van der Waals surface area contributed by atoms with Crippen molar-refractivity contribution in [1.82, 2.24) is 4.98 Å². The smallest absolute Gasteiger partial charge is 0.219 e. The number of hydrogen-bond acceptors (Lipinski definition) is 4. The number of thiocarbonyl (C=S) groups is 1. The van der Waals surface area contributed by atoms with Crippen LogP contribution in [0.3, 0.4) is 0 Å². The van der Waals surface area contributed by atoms with E-state index in [1.165, 1.54) is 0 Å². The van der Waals surface area contributed by atoms with Gasteiger partial charge in [0.2, 0.25) is 5.88 Å². The number of nitrogens with two attached hydrogens (primary N) is 1. The van der Waals surface area contributed by atoms with E-state index in [0.29, 0.717) is 22.2 Å². The SMILES string of the molecule is NC(=S)c1ccc(Oc2cccc(CO)c2)nc1. The Morgan fingerprint density at radius 1 is 1.33 bits per heavy atom. The van der Waals surface area contributed by atoms with E-state index in [1.807, 2.05) is 12.1 Å². The van der Waals surface area contributed by atoms with Gasteiger partial charge in [-0.3, -0.25) is 0 Å². The minimum Gasteiger partial charge on any atom is -0.439 e. The second-order valence-corrected chi connectivity index (χ2v) is 4.10. The van der Waals surface area contributed by atoms with Crippen molar-refractivity contribution in [3.05, 3.63) is 53.7 Å². The van der Waals surface area contributed by atoms with Gasteiger partial charge in [0.15, 0.2) is 0 Å². The summed E-state index contributed by atoms with van der Waals surface area (Å²) >= 11 is 4.84. The highest BCUT2D eigenvalue weighted by Crippen LogP contribution is 2.20. The van der Waals surface area contributed by atoms with Gasteiger partial charge in [-0.2, -0.15) is 0 Å². The second-order valence-electron chi connectivity index (χ2n) is 3.66. The molecular weight excluding hydrogens is 248 g/mol. The van der Waals surface area contributed by atoms with Crippen LogP contribution in [0.4, 0.5) is 0 Å². The first-order valence-corrected chi connectivity index (χ1v) is 5.73. The van der Waals surface area contributed by atoms with Crippen LogP contribution in [0, 0.1) is 0 Å². The molecule has 92 valence electrons. The Labute approximate surface area is 110 Å². The summed E-state index contributed by atoms with van der Waals surface area (Å²) in [6, 6.07) is 10.6. The van der Waals surface area contributed by atoms with Crippen molar-refractivity contribution < 1.29 is 9.84 Å². The summed E-state index contributed by atoms with van der Waals surface area (Å²) in [7, 11) is 0. The third-order valence-electron chi connectivity index (χ3n) is 2.32. The number of ether oxygens (including phenoxy) is 1. The Morgan fingerprint density at radius 3 is 2.78 bits per heavy atom. The van der Waals surface area contributed by atoms with Crippen molar-refractivity contribution in [3.63, 3.8) is 0 Å². The molecule has 2 aromatic rings. The zero-order valence-corrected chi connectivity index (χ0v) is 10.4. The minimum absolute atomic E-state index is 0.0228. The number of aliphatic hydroxyl groups excluding tert-OH is 1. The van der Waals surface area contributed by atoms with E-state index in [9.17, 15) is 0 Å². The number of rotatable bonds is 4. The van der Waals surface area contributed by atoms with Crippen LogP contribution in [0.25, 0.3) is 0 Å². The van der Waals surface area contributed by atoms with Gasteiger partial charge in [0.05, 0.1) is 6.61 Å². The van der Waals surface area contributed by atoms with Crippen LogP contribution in [0.15, 0.2) is 42.6 Å². The summed E-state index contributed by atoms with van der Waals surface area (Å²) in [5.74, 6) is 1.07. The van der Waals surface area contributed by atoms with E-state index in [-0.39, 0.29) is 6.61 Å². The van der Waals surface area contributed by atoms with Gasteiger partial charge >= 0.3 is 0 Å². The first-order chi connectivity index (χ1) is 8.69. The lowest BCUT2D eigenvalue weighted by Gasteiger charge is -2.06. The molecule has 0 amide bonds. The molecule has 0 fully saturated rings. The molecule has 0 bridgehead atoms. The molecule has 5 heteroatoms. The maximum Gasteiger partial charge on any atom is 0.219 e. The van der Waals surface area contributed by atoms with E-state index in [4.69, 9.17) is 27.8 Å². The van der Waals surface area contributed by atoms with Crippen molar-refractivity contribution >= 4 is 17.2 Å². The highest BCUT2D eigenvalue weighted by Gasteiger charge is 2.01. The van der Waals surface area contributed by atoms with E-state index in [2.05, 4.69) is 4.98 Å². The second kappa shape index (κ2) is 5.57. The summed E-state index contributed by atoms with van der Waals surface area (Å²) in [6.07, 6.45) is 1.56. The molecule has 1 aromatic carbocycles. The molecular formula is C13H12N2O2S. The lowest BCUT2D eigenvalue weighted by atomic mass is 10.2. The number of pyridine rings is 1. The van der Waals surface area contributed by atoms with Crippen molar-refractivity contribution in [2.75, 3.05) is 0 Å². The van der Waals surface area contributed by atoms with Crippen LogP contribution in [0.2, 0.25) is 0 Å². The minimum atomic E-state index is -0.0228. The van der Waals surface area contributed by atoms with Crippen LogP contribution in [0.5, 0.6) is 11.6 Å². The van der Waals surface area contributed by atoms with Gasteiger partial charge in [-0.25, -0.2) is 4.98 Å². The normalized spacial score (nSPS) is 10.1. The monoisotopic (exact) mass is 260 g/mol. The number of aliphatic hydroxyl groups is 1. The average molecular weight is 260 g/mol. The summed E-state index contributed by atoms with van der Waals surface area (Å²) in [5, 5.41) is 9.03. The summed E-state index contributed by atoms with van der Waals surface area (Å²) < 4.78 is 5.55. The van der Waals surface area contributed by atoms with E-state index in [0.717, 1.165) is 5.56 Å². The lowest BCUT2D eigenvalue weighted by molar-refractivity contribution is 0.281. The molecule has 2 rings (SSSR count). The summed E-state index contributed by atoms with van der Waals surface area (Å²) in [6.45, 7) is -0.0228. The molecule has 0 atom stereocenters. The highest BCUT2D eigenvalue weighted by atomic mass is 32.1. The maximum atomic E-state index is 9.03.